The Morgan fingerprint density at radius 3 is 2.18 bits per heavy atom. The molecular weight excluding hydrogens is 406 g/mol. The van der Waals surface area contributed by atoms with Crippen molar-refractivity contribution in [3.63, 3.8) is 0 Å². The molecule has 0 aliphatic carbocycles. The van der Waals surface area contributed by atoms with Gasteiger partial charge < -0.3 is 5.32 Å². The van der Waals surface area contributed by atoms with Crippen LogP contribution in [0.5, 0.6) is 0 Å². The molecule has 0 bridgehead atoms. The summed E-state index contributed by atoms with van der Waals surface area (Å²) in [4.78, 5) is 10.0. The number of nitrogens with zero attached hydrogens (tertiary/aromatic N) is 3. The minimum atomic E-state index is -0.208. The Hall–Kier alpha value is -3.96. The number of rotatable bonds is 5. The largest absolute Gasteiger partial charge is 0.323 e. The number of hydrogen-bond acceptors (Lipinski definition) is 3. The quantitative estimate of drug-likeness (QED) is 0.528. The molecular formula is C28H27N5. The lowest BCUT2D eigenvalue weighted by atomic mass is 9.98. The van der Waals surface area contributed by atoms with E-state index in [0.29, 0.717) is 5.96 Å². The van der Waals surface area contributed by atoms with E-state index in [4.69, 9.17) is 15.8 Å². The molecule has 3 aromatic rings. The van der Waals surface area contributed by atoms with Crippen molar-refractivity contribution in [2.75, 3.05) is 0 Å². The third kappa shape index (κ3) is 3.99. The molecule has 0 saturated carbocycles. The highest BCUT2D eigenvalue weighted by atomic mass is 15.5. The molecule has 3 aromatic carbocycles. The monoisotopic (exact) mass is 433 g/mol. The number of guanidine groups is 1. The molecule has 2 heterocycles. The molecule has 0 saturated heterocycles. The average molecular weight is 434 g/mol. The first kappa shape index (κ1) is 20.9. The molecule has 0 spiro atoms. The predicted molar refractivity (Wildman–Crippen MR) is 135 cm³/mol. The third-order valence-electron chi connectivity index (χ3n) is 6.13. The fourth-order valence-electron chi connectivity index (χ4n) is 4.40. The maximum Gasteiger partial charge on any atom is 0.218 e. The molecule has 0 atom stereocenters. The van der Waals surface area contributed by atoms with Crippen molar-refractivity contribution in [1.82, 2.24) is 10.3 Å². The first-order chi connectivity index (χ1) is 16.2. The molecule has 33 heavy (non-hydrogen) atoms. The Labute approximate surface area is 194 Å². The van der Waals surface area contributed by atoms with Crippen molar-refractivity contribution in [2.24, 2.45) is 15.8 Å². The van der Waals surface area contributed by atoms with Crippen molar-refractivity contribution >= 4 is 17.4 Å². The molecule has 0 fully saturated rings. The van der Waals surface area contributed by atoms with Crippen LogP contribution in [0.25, 0.3) is 0 Å². The molecule has 0 radical (unpaired) electrons. The van der Waals surface area contributed by atoms with E-state index < -0.39 is 0 Å². The van der Waals surface area contributed by atoms with Gasteiger partial charge in [-0.05, 0) is 29.2 Å². The van der Waals surface area contributed by atoms with E-state index in [0.717, 1.165) is 52.3 Å². The lowest BCUT2D eigenvalue weighted by Gasteiger charge is -2.33. The summed E-state index contributed by atoms with van der Waals surface area (Å²) in [5.74, 6) is 7.06. The van der Waals surface area contributed by atoms with Gasteiger partial charge in [0.05, 0.1) is 22.8 Å². The molecule has 0 aromatic heterocycles. The van der Waals surface area contributed by atoms with Crippen LogP contribution in [0.4, 0.5) is 5.69 Å². The Morgan fingerprint density at radius 2 is 1.58 bits per heavy atom. The second-order valence-electron chi connectivity index (χ2n) is 8.19. The summed E-state index contributed by atoms with van der Waals surface area (Å²) in [5.41, 5.74) is 8.17. The first-order valence-electron chi connectivity index (χ1n) is 11.2. The highest BCUT2D eigenvalue weighted by molar-refractivity contribution is 6.10. The molecule has 0 unspecified atom stereocenters. The zero-order valence-corrected chi connectivity index (χ0v) is 18.7. The zero-order valence-electron chi connectivity index (χ0n) is 18.7. The maximum absolute atomic E-state index is 6.50. The summed E-state index contributed by atoms with van der Waals surface area (Å²) in [6.45, 7) is 6.40. The third-order valence-corrected chi connectivity index (χ3v) is 6.13. The topological polar surface area (TPSA) is 66.0 Å². The van der Waals surface area contributed by atoms with Gasteiger partial charge in [-0.3, -0.25) is 4.99 Å². The Kier molecular flexibility index (Phi) is 5.63. The number of aliphatic imine (C=N–C) groups is 2. The number of nitrogens with one attached hydrogen (secondary N) is 1. The summed E-state index contributed by atoms with van der Waals surface area (Å²) >= 11 is 0. The van der Waals surface area contributed by atoms with Crippen molar-refractivity contribution in [2.45, 2.75) is 25.8 Å². The SMILES string of the molecule is C=C1C(CC)=C(C2=Nc3ccccc3C2)NC(=NC(c2ccccc2)c2ccccc2)N1N. The molecule has 5 rings (SSSR count). The van der Waals surface area contributed by atoms with Crippen molar-refractivity contribution in [3.05, 3.63) is 125 Å². The second kappa shape index (κ2) is 8.88. The van der Waals surface area contributed by atoms with E-state index in [2.05, 4.69) is 61.3 Å². The van der Waals surface area contributed by atoms with Crippen LogP contribution >= 0.6 is 0 Å². The number of fused-ring (bicyclic) bond motifs is 1. The number of para-hydroxylation sites is 1. The Balaban J connectivity index is 1.57. The summed E-state index contributed by atoms with van der Waals surface area (Å²) in [5, 5.41) is 5.08. The van der Waals surface area contributed by atoms with Gasteiger partial charge in [0.25, 0.3) is 0 Å². The summed E-state index contributed by atoms with van der Waals surface area (Å²) in [6.07, 6.45) is 1.56. The van der Waals surface area contributed by atoms with E-state index in [1.54, 1.807) is 5.01 Å². The van der Waals surface area contributed by atoms with Crippen LogP contribution in [0.3, 0.4) is 0 Å². The molecule has 2 aliphatic rings. The van der Waals surface area contributed by atoms with Crippen LogP contribution in [0.2, 0.25) is 0 Å². The lowest BCUT2D eigenvalue weighted by Crippen LogP contribution is -2.50. The first-order valence-corrected chi connectivity index (χ1v) is 11.2. The lowest BCUT2D eigenvalue weighted by molar-refractivity contribution is 0.512. The van der Waals surface area contributed by atoms with Gasteiger partial charge in [-0.25, -0.2) is 15.8 Å². The summed E-state index contributed by atoms with van der Waals surface area (Å²) < 4.78 is 0. The van der Waals surface area contributed by atoms with Gasteiger partial charge in [0.2, 0.25) is 5.96 Å². The number of hydrazine groups is 1. The van der Waals surface area contributed by atoms with Crippen LogP contribution < -0.4 is 11.2 Å². The maximum atomic E-state index is 6.50. The highest BCUT2D eigenvalue weighted by Gasteiger charge is 2.30. The Morgan fingerprint density at radius 1 is 0.970 bits per heavy atom. The van der Waals surface area contributed by atoms with E-state index in [1.165, 1.54) is 5.56 Å². The van der Waals surface area contributed by atoms with E-state index in [9.17, 15) is 0 Å². The van der Waals surface area contributed by atoms with Gasteiger partial charge in [-0.15, -0.1) is 0 Å². The van der Waals surface area contributed by atoms with E-state index in [1.807, 2.05) is 42.5 Å². The number of hydrogen-bond donors (Lipinski definition) is 2. The predicted octanol–water partition coefficient (Wildman–Crippen LogP) is 5.42. The normalized spacial score (nSPS) is 16.8. The van der Waals surface area contributed by atoms with Crippen molar-refractivity contribution in [3.8, 4) is 0 Å². The van der Waals surface area contributed by atoms with Crippen molar-refractivity contribution < 1.29 is 0 Å². The minimum Gasteiger partial charge on any atom is -0.323 e. The van der Waals surface area contributed by atoms with Crippen LogP contribution in [-0.2, 0) is 6.42 Å². The standard InChI is InChI=1S/C28H27N5/c1-3-23-19(2)33(29)28(32-27(23)25-18-22-16-10-11-17-24(22)30-25)31-26(20-12-6-4-7-13-20)21-14-8-5-9-15-21/h4-17,26H,2-3,18,29H2,1H3,(H,31,32). The average Bonchev–Trinajstić information content (AvgIpc) is 3.30. The van der Waals surface area contributed by atoms with Gasteiger partial charge in [0.15, 0.2) is 0 Å². The van der Waals surface area contributed by atoms with Crippen LogP contribution in [0, 0.1) is 0 Å². The van der Waals surface area contributed by atoms with Gasteiger partial charge in [0, 0.05) is 12.0 Å². The Bertz CT molecular complexity index is 1230. The number of nitrogens with two attached hydrogens (primary N) is 1. The zero-order chi connectivity index (χ0) is 22.8. The second-order valence-corrected chi connectivity index (χ2v) is 8.19. The van der Waals surface area contributed by atoms with Gasteiger partial charge in [0.1, 0.15) is 6.04 Å². The van der Waals surface area contributed by atoms with E-state index >= 15 is 0 Å². The molecule has 0 amide bonds. The molecule has 164 valence electrons. The van der Waals surface area contributed by atoms with Gasteiger partial charge in [-0.1, -0.05) is 92.4 Å². The van der Waals surface area contributed by atoms with Crippen LogP contribution in [0.15, 0.2) is 118 Å². The fourth-order valence-corrected chi connectivity index (χ4v) is 4.40. The summed E-state index contributed by atoms with van der Waals surface area (Å²) in [6, 6.07) is 28.6. The molecule has 5 heteroatoms. The minimum absolute atomic E-state index is 0.208. The van der Waals surface area contributed by atoms with Crippen LogP contribution in [0.1, 0.15) is 36.1 Å². The highest BCUT2D eigenvalue weighted by Crippen LogP contribution is 2.33. The van der Waals surface area contributed by atoms with Crippen molar-refractivity contribution in [1.29, 1.82) is 0 Å². The molecule has 5 nitrogen and oxygen atoms in total. The molecule has 3 N–H and O–H groups in total. The summed E-state index contributed by atoms with van der Waals surface area (Å²) in [7, 11) is 0. The fraction of sp³-hybridized carbons (Fsp3) is 0.143. The van der Waals surface area contributed by atoms with Gasteiger partial charge >= 0.3 is 0 Å². The molecule has 2 aliphatic heterocycles. The van der Waals surface area contributed by atoms with Gasteiger partial charge in [-0.2, -0.15) is 0 Å². The van der Waals surface area contributed by atoms with E-state index in [-0.39, 0.29) is 6.04 Å². The smallest absolute Gasteiger partial charge is 0.218 e. The van der Waals surface area contributed by atoms with Crippen LogP contribution in [-0.4, -0.2) is 16.7 Å². The number of benzene rings is 3. The number of allylic oxidation sites excluding steroid dienone is 2.